The van der Waals surface area contributed by atoms with Crippen LogP contribution >= 0.6 is 23.4 Å². The molecule has 0 saturated heterocycles. The van der Waals surface area contributed by atoms with Crippen LogP contribution in [0.4, 0.5) is 0 Å². The van der Waals surface area contributed by atoms with Crippen molar-refractivity contribution >= 4 is 40.0 Å². The second-order valence-electron chi connectivity index (χ2n) is 6.58. The Labute approximate surface area is 179 Å². The molecule has 0 aliphatic carbocycles. The number of hydrogen-bond acceptors (Lipinski definition) is 6. The molecule has 0 aliphatic rings. The number of thioether (sulfide) groups is 1. The van der Waals surface area contributed by atoms with E-state index in [4.69, 9.17) is 11.6 Å². The van der Waals surface area contributed by atoms with Crippen LogP contribution in [0, 0.1) is 0 Å². The summed E-state index contributed by atoms with van der Waals surface area (Å²) in [7, 11) is 0. The predicted octanol–water partition coefficient (Wildman–Crippen LogP) is 3.79. The van der Waals surface area contributed by atoms with Crippen molar-refractivity contribution in [1.29, 1.82) is 0 Å². The number of fused-ring (bicyclic) bond motifs is 3. The molecular weight excluding hydrogens is 422 g/mol. The summed E-state index contributed by atoms with van der Waals surface area (Å²) in [6.07, 6.45) is 0. The minimum atomic E-state index is -0.0613. The van der Waals surface area contributed by atoms with Crippen LogP contribution in [0.3, 0.4) is 0 Å². The number of rotatable bonds is 5. The Morgan fingerprint density at radius 2 is 1.90 bits per heavy atom. The van der Waals surface area contributed by atoms with Crippen molar-refractivity contribution < 1.29 is 0 Å². The molecule has 0 spiro atoms. The molecule has 0 atom stereocenters. The van der Waals surface area contributed by atoms with Crippen LogP contribution < -0.4 is 5.56 Å². The van der Waals surface area contributed by atoms with Crippen molar-refractivity contribution in [2.24, 2.45) is 0 Å². The minimum Gasteiger partial charge on any atom is -0.277 e. The van der Waals surface area contributed by atoms with E-state index in [-0.39, 0.29) is 5.56 Å². The van der Waals surface area contributed by atoms with Crippen molar-refractivity contribution in [3.05, 3.63) is 69.7 Å². The number of para-hydroxylation sites is 1. The zero-order valence-electron chi connectivity index (χ0n) is 15.9. The quantitative estimate of drug-likeness (QED) is 0.420. The van der Waals surface area contributed by atoms with Gasteiger partial charge in [0, 0.05) is 17.1 Å². The van der Waals surface area contributed by atoms with Gasteiger partial charge in [-0.25, -0.2) is 4.98 Å². The van der Waals surface area contributed by atoms with Crippen molar-refractivity contribution in [2.45, 2.75) is 24.4 Å². The van der Waals surface area contributed by atoms with Gasteiger partial charge in [0.1, 0.15) is 5.82 Å². The van der Waals surface area contributed by atoms with Crippen LogP contribution in [0.5, 0.6) is 0 Å². The molecule has 150 valence electrons. The van der Waals surface area contributed by atoms with E-state index in [1.807, 2.05) is 59.9 Å². The van der Waals surface area contributed by atoms with Crippen LogP contribution in [0.2, 0.25) is 5.02 Å². The summed E-state index contributed by atoms with van der Waals surface area (Å²) in [5.41, 5.74) is 1.64. The number of H-pyrrole nitrogens is 1. The van der Waals surface area contributed by atoms with Crippen LogP contribution in [0.15, 0.2) is 58.5 Å². The van der Waals surface area contributed by atoms with Gasteiger partial charge >= 0.3 is 0 Å². The lowest BCUT2D eigenvalue weighted by Crippen LogP contribution is -2.22. The molecule has 1 N–H and O–H groups in total. The maximum atomic E-state index is 12.8. The van der Waals surface area contributed by atoms with Gasteiger partial charge in [-0.1, -0.05) is 35.5 Å². The Kier molecular flexibility index (Phi) is 4.76. The fourth-order valence-electron chi connectivity index (χ4n) is 3.37. The number of nitrogens with zero attached hydrogens (tertiary/aromatic N) is 6. The summed E-state index contributed by atoms with van der Waals surface area (Å²) < 4.78 is 3.56. The van der Waals surface area contributed by atoms with E-state index in [2.05, 4.69) is 25.4 Å². The Hall–Kier alpha value is -3.17. The van der Waals surface area contributed by atoms with Crippen LogP contribution in [-0.2, 0) is 12.3 Å². The highest BCUT2D eigenvalue weighted by atomic mass is 35.5. The van der Waals surface area contributed by atoms with Gasteiger partial charge in [-0.05, 0) is 43.3 Å². The second-order valence-corrected chi connectivity index (χ2v) is 7.96. The zero-order valence-corrected chi connectivity index (χ0v) is 17.5. The first kappa shape index (κ1) is 18.8. The van der Waals surface area contributed by atoms with Crippen LogP contribution in [0.25, 0.3) is 28.1 Å². The molecule has 10 heteroatoms. The number of halogens is 1. The average molecular weight is 438 g/mol. The third-order valence-electron chi connectivity index (χ3n) is 4.80. The third kappa shape index (κ3) is 3.16. The fraction of sp³-hybridized carbons (Fsp3) is 0.150. The maximum Gasteiger partial charge on any atom is 0.262 e. The molecule has 8 nitrogen and oxygen atoms in total. The Morgan fingerprint density at radius 1 is 1.10 bits per heavy atom. The van der Waals surface area contributed by atoms with Crippen LogP contribution in [0.1, 0.15) is 12.7 Å². The standard InChI is InChI=1S/C20H16ClN7OS/c1-2-27-18(29)14-5-3-4-6-15(14)28-16(23-26-20(27)28)11-30-19-22-17(24-25-19)12-7-9-13(21)10-8-12/h3-10H,2,11H2,1H3,(H,22,24,25). The van der Waals surface area contributed by atoms with Crippen molar-refractivity contribution in [3.8, 4) is 11.4 Å². The average Bonchev–Trinajstić information content (AvgIpc) is 3.41. The summed E-state index contributed by atoms with van der Waals surface area (Å²) in [4.78, 5) is 17.3. The number of nitrogens with one attached hydrogen (secondary N) is 1. The molecule has 0 bridgehead atoms. The molecule has 30 heavy (non-hydrogen) atoms. The Bertz CT molecular complexity index is 1420. The summed E-state index contributed by atoms with van der Waals surface area (Å²) in [6.45, 7) is 2.44. The first-order valence-corrected chi connectivity index (χ1v) is 10.7. The molecular formula is C20H16ClN7OS. The molecule has 0 amide bonds. The monoisotopic (exact) mass is 437 g/mol. The van der Waals surface area contributed by atoms with Crippen molar-refractivity contribution in [2.75, 3.05) is 0 Å². The van der Waals surface area contributed by atoms with Gasteiger partial charge in [0.15, 0.2) is 5.82 Å². The normalized spacial score (nSPS) is 11.5. The van der Waals surface area contributed by atoms with Crippen molar-refractivity contribution in [3.63, 3.8) is 0 Å². The van der Waals surface area contributed by atoms with E-state index in [9.17, 15) is 4.79 Å². The Morgan fingerprint density at radius 3 is 2.70 bits per heavy atom. The summed E-state index contributed by atoms with van der Waals surface area (Å²) in [6, 6.07) is 14.9. The van der Waals surface area contributed by atoms with E-state index in [0.29, 0.717) is 39.5 Å². The lowest BCUT2D eigenvalue weighted by Gasteiger charge is -2.09. The molecule has 0 saturated carbocycles. The lowest BCUT2D eigenvalue weighted by atomic mass is 10.2. The molecule has 5 rings (SSSR count). The van der Waals surface area contributed by atoms with E-state index >= 15 is 0 Å². The molecule has 0 radical (unpaired) electrons. The van der Waals surface area contributed by atoms with Gasteiger partial charge in [-0.2, -0.15) is 0 Å². The first-order valence-electron chi connectivity index (χ1n) is 9.32. The zero-order chi connectivity index (χ0) is 20.7. The highest BCUT2D eigenvalue weighted by Gasteiger charge is 2.16. The van der Waals surface area contributed by atoms with Crippen LogP contribution in [-0.4, -0.2) is 34.3 Å². The van der Waals surface area contributed by atoms with Crippen molar-refractivity contribution in [1.82, 2.24) is 34.3 Å². The largest absolute Gasteiger partial charge is 0.277 e. The molecule has 2 aromatic carbocycles. The molecule has 0 fully saturated rings. The molecule has 3 aromatic heterocycles. The highest BCUT2D eigenvalue weighted by Crippen LogP contribution is 2.24. The van der Waals surface area contributed by atoms with Gasteiger partial charge < -0.3 is 0 Å². The first-order chi connectivity index (χ1) is 14.7. The van der Waals surface area contributed by atoms with E-state index in [0.717, 1.165) is 16.9 Å². The number of aryl methyl sites for hydroxylation is 1. The van der Waals surface area contributed by atoms with Gasteiger partial charge in [0.2, 0.25) is 10.9 Å². The summed E-state index contributed by atoms with van der Waals surface area (Å²) >= 11 is 7.39. The fourth-order valence-corrected chi connectivity index (χ4v) is 4.21. The smallest absolute Gasteiger partial charge is 0.262 e. The Balaban J connectivity index is 1.49. The van der Waals surface area contributed by atoms with Gasteiger partial charge in [-0.15, -0.1) is 15.3 Å². The molecule has 5 aromatic rings. The van der Waals surface area contributed by atoms with Gasteiger partial charge in [0.05, 0.1) is 16.7 Å². The maximum absolute atomic E-state index is 12.8. The van der Waals surface area contributed by atoms with E-state index in [1.165, 1.54) is 11.8 Å². The lowest BCUT2D eigenvalue weighted by molar-refractivity contribution is 0.735. The summed E-state index contributed by atoms with van der Waals surface area (Å²) in [5, 5.41) is 17.8. The topological polar surface area (TPSA) is 93.8 Å². The SMILES string of the molecule is CCn1c(=O)c2ccccc2n2c(CSc3n[nH]c(-c4ccc(Cl)cc4)n3)nnc12. The number of aromatic amines is 1. The third-order valence-corrected chi connectivity index (χ3v) is 5.90. The molecule has 0 unspecified atom stereocenters. The van der Waals surface area contributed by atoms with Gasteiger partial charge in [0.25, 0.3) is 5.56 Å². The van der Waals surface area contributed by atoms with E-state index < -0.39 is 0 Å². The highest BCUT2D eigenvalue weighted by molar-refractivity contribution is 7.98. The number of benzene rings is 2. The van der Waals surface area contributed by atoms with Gasteiger partial charge in [-0.3, -0.25) is 18.9 Å². The number of aromatic nitrogens is 7. The predicted molar refractivity (Wildman–Crippen MR) is 117 cm³/mol. The summed E-state index contributed by atoms with van der Waals surface area (Å²) in [5.74, 6) is 2.44. The molecule has 0 aliphatic heterocycles. The minimum absolute atomic E-state index is 0.0613. The molecule has 3 heterocycles. The van der Waals surface area contributed by atoms with E-state index in [1.54, 1.807) is 4.57 Å². The number of hydrogen-bond donors (Lipinski definition) is 1. The second kappa shape index (κ2) is 7.58.